The van der Waals surface area contributed by atoms with Crippen LogP contribution in [0.15, 0.2) is 0 Å². The molecule has 3 nitrogen and oxygen atoms in total. The van der Waals surface area contributed by atoms with Crippen LogP contribution in [0.4, 0.5) is 0 Å². The third-order valence-electron chi connectivity index (χ3n) is 1.67. The second-order valence-electron chi connectivity index (χ2n) is 2.75. The number of rotatable bonds is 6. The van der Waals surface area contributed by atoms with Crippen molar-refractivity contribution in [1.29, 1.82) is 0 Å². The molecule has 0 aliphatic heterocycles. The largest absolute Gasteiger partial charge is 0.380 e. The van der Waals surface area contributed by atoms with E-state index in [0.717, 1.165) is 13.1 Å². The summed E-state index contributed by atoms with van der Waals surface area (Å²) in [6.07, 6.45) is 0.554. The molecule has 0 rings (SSSR count). The molecule has 0 radical (unpaired) electrons. The van der Waals surface area contributed by atoms with E-state index in [2.05, 4.69) is 5.32 Å². The van der Waals surface area contributed by atoms with Gasteiger partial charge in [0.25, 0.3) is 0 Å². The summed E-state index contributed by atoms with van der Waals surface area (Å²) in [5.41, 5.74) is 0. The Labute approximate surface area is 69.1 Å². The predicted molar refractivity (Wildman–Crippen MR) is 45.8 cm³/mol. The third-order valence-corrected chi connectivity index (χ3v) is 1.67. The topological polar surface area (TPSA) is 30.5 Å². The number of hydrogen-bond acceptors (Lipinski definition) is 3. The van der Waals surface area contributed by atoms with Crippen molar-refractivity contribution in [3.05, 3.63) is 0 Å². The van der Waals surface area contributed by atoms with E-state index in [1.807, 2.05) is 13.8 Å². The second-order valence-corrected chi connectivity index (χ2v) is 2.75. The molecular formula is C8H19NO2. The maximum atomic E-state index is 5.06. The molecule has 0 heterocycles. The highest BCUT2D eigenvalue weighted by Crippen LogP contribution is 1.86. The maximum absolute atomic E-state index is 5.06. The lowest BCUT2D eigenvalue weighted by atomic mass is 10.3. The number of nitrogens with one attached hydrogen (secondary N) is 1. The van der Waals surface area contributed by atoms with Gasteiger partial charge in [-0.15, -0.1) is 0 Å². The van der Waals surface area contributed by atoms with Crippen molar-refractivity contribution in [2.45, 2.75) is 26.1 Å². The monoisotopic (exact) mass is 161 g/mol. The van der Waals surface area contributed by atoms with Gasteiger partial charge in [-0.1, -0.05) is 0 Å². The molecule has 2 unspecified atom stereocenters. The first-order chi connectivity index (χ1) is 5.20. The Morgan fingerprint density at radius 2 is 1.36 bits per heavy atom. The van der Waals surface area contributed by atoms with Crippen LogP contribution in [0.25, 0.3) is 0 Å². The molecule has 0 aliphatic carbocycles. The minimum absolute atomic E-state index is 0.277. The SMILES string of the molecule is COC(C)CNCC(C)OC. The lowest BCUT2D eigenvalue weighted by molar-refractivity contribution is 0.0963. The maximum Gasteiger partial charge on any atom is 0.0667 e. The number of ether oxygens (including phenoxy) is 2. The lowest BCUT2D eigenvalue weighted by Gasteiger charge is -2.13. The molecule has 0 aromatic rings. The molecule has 0 saturated carbocycles. The Morgan fingerprint density at radius 1 is 1.00 bits per heavy atom. The standard InChI is InChI=1S/C8H19NO2/c1-7(10-3)5-9-6-8(2)11-4/h7-9H,5-6H2,1-4H3. The molecule has 0 aliphatic rings. The highest BCUT2D eigenvalue weighted by molar-refractivity contribution is 4.58. The van der Waals surface area contributed by atoms with Crippen LogP contribution in [0.1, 0.15) is 13.8 Å². The van der Waals surface area contributed by atoms with Gasteiger partial charge in [0.1, 0.15) is 0 Å². The van der Waals surface area contributed by atoms with E-state index in [1.165, 1.54) is 0 Å². The van der Waals surface area contributed by atoms with Gasteiger partial charge in [0.15, 0.2) is 0 Å². The molecule has 0 fully saturated rings. The van der Waals surface area contributed by atoms with E-state index in [-0.39, 0.29) is 12.2 Å². The average molecular weight is 161 g/mol. The van der Waals surface area contributed by atoms with Gasteiger partial charge < -0.3 is 14.8 Å². The summed E-state index contributed by atoms with van der Waals surface area (Å²) in [4.78, 5) is 0. The van der Waals surface area contributed by atoms with Crippen LogP contribution in [0.3, 0.4) is 0 Å². The van der Waals surface area contributed by atoms with Crippen LogP contribution < -0.4 is 5.32 Å². The second kappa shape index (κ2) is 6.58. The molecule has 0 aromatic carbocycles. The van der Waals surface area contributed by atoms with E-state index < -0.39 is 0 Å². The van der Waals surface area contributed by atoms with Gasteiger partial charge in [0.2, 0.25) is 0 Å². The van der Waals surface area contributed by atoms with Crippen molar-refractivity contribution in [3.8, 4) is 0 Å². The van der Waals surface area contributed by atoms with Gasteiger partial charge in [-0.3, -0.25) is 0 Å². The summed E-state index contributed by atoms with van der Waals surface area (Å²) < 4.78 is 10.1. The highest BCUT2D eigenvalue weighted by atomic mass is 16.5. The fourth-order valence-electron chi connectivity index (χ4n) is 0.657. The van der Waals surface area contributed by atoms with E-state index in [1.54, 1.807) is 14.2 Å². The summed E-state index contributed by atoms with van der Waals surface area (Å²) in [5, 5.41) is 3.24. The zero-order chi connectivity index (χ0) is 8.69. The molecule has 2 atom stereocenters. The van der Waals surface area contributed by atoms with Crippen LogP contribution in [0.5, 0.6) is 0 Å². The molecule has 1 N–H and O–H groups in total. The van der Waals surface area contributed by atoms with E-state index in [9.17, 15) is 0 Å². The molecule has 0 aromatic heterocycles. The van der Waals surface area contributed by atoms with Crippen LogP contribution in [0, 0.1) is 0 Å². The molecule has 0 saturated heterocycles. The smallest absolute Gasteiger partial charge is 0.0667 e. The van der Waals surface area contributed by atoms with E-state index in [0.29, 0.717) is 0 Å². The fourth-order valence-corrected chi connectivity index (χ4v) is 0.657. The summed E-state index contributed by atoms with van der Waals surface area (Å²) >= 11 is 0. The van der Waals surface area contributed by atoms with Crippen molar-refractivity contribution < 1.29 is 9.47 Å². The van der Waals surface area contributed by atoms with Gasteiger partial charge in [0.05, 0.1) is 12.2 Å². The first-order valence-corrected chi connectivity index (χ1v) is 3.97. The molecule has 11 heavy (non-hydrogen) atoms. The first kappa shape index (κ1) is 10.9. The first-order valence-electron chi connectivity index (χ1n) is 3.97. The predicted octanol–water partition coefficient (Wildman–Crippen LogP) is 0.646. The van der Waals surface area contributed by atoms with Gasteiger partial charge in [-0.2, -0.15) is 0 Å². The Hall–Kier alpha value is -0.120. The fraction of sp³-hybridized carbons (Fsp3) is 1.00. The summed E-state index contributed by atoms with van der Waals surface area (Å²) in [6.45, 7) is 5.82. The van der Waals surface area contributed by atoms with Crippen molar-refractivity contribution >= 4 is 0 Å². The average Bonchev–Trinajstić information content (AvgIpc) is 2.04. The molecule has 3 heteroatoms. The van der Waals surface area contributed by atoms with E-state index >= 15 is 0 Å². The molecule has 0 amide bonds. The van der Waals surface area contributed by atoms with Gasteiger partial charge in [0, 0.05) is 27.3 Å². The molecule has 0 spiro atoms. The zero-order valence-corrected chi connectivity index (χ0v) is 7.89. The Morgan fingerprint density at radius 3 is 1.64 bits per heavy atom. The van der Waals surface area contributed by atoms with Crippen molar-refractivity contribution in [2.75, 3.05) is 27.3 Å². The Balaban J connectivity index is 3.13. The van der Waals surface area contributed by atoms with Crippen LogP contribution in [0.2, 0.25) is 0 Å². The normalized spacial score (nSPS) is 16.4. The minimum Gasteiger partial charge on any atom is -0.380 e. The zero-order valence-electron chi connectivity index (χ0n) is 7.89. The lowest BCUT2D eigenvalue weighted by Crippen LogP contribution is -2.32. The molecule has 0 bridgehead atoms. The van der Waals surface area contributed by atoms with Crippen LogP contribution >= 0.6 is 0 Å². The quantitative estimate of drug-likeness (QED) is 0.620. The van der Waals surface area contributed by atoms with Gasteiger partial charge >= 0.3 is 0 Å². The molecule has 68 valence electrons. The van der Waals surface area contributed by atoms with Crippen molar-refractivity contribution in [3.63, 3.8) is 0 Å². The highest BCUT2D eigenvalue weighted by Gasteiger charge is 2.00. The van der Waals surface area contributed by atoms with Gasteiger partial charge in [-0.05, 0) is 13.8 Å². The number of methoxy groups -OCH3 is 2. The third kappa shape index (κ3) is 6.28. The Kier molecular flexibility index (Phi) is 6.51. The number of hydrogen-bond donors (Lipinski definition) is 1. The van der Waals surface area contributed by atoms with Crippen LogP contribution in [-0.2, 0) is 9.47 Å². The molecular weight excluding hydrogens is 142 g/mol. The van der Waals surface area contributed by atoms with Crippen molar-refractivity contribution in [1.82, 2.24) is 5.32 Å². The summed E-state index contributed by atoms with van der Waals surface area (Å²) in [7, 11) is 3.43. The van der Waals surface area contributed by atoms with Gasteiger partial charge in [-0.25, -0.2) is 0 Å². The van der Waals surface area contributed by atoms with Crippen molar-refractivity contribution in [2.24, 2.45) is 0 Å². The Bertz CT molecular complexity index is 78.2. The summed E-state index contributed by atoms with van der Waals surface area (Å²) in [6, 6.07) is 0. The minimum atomic E-state index is 0.277. The van der Waals surface area contributed by atoms with E-state index in [4.69, 9.17) is 9.47 Å². The van der Waals surface area contributed by atoms with Crippen LogP contribution in [-0.4, -0.2) is 39.5 Å². The summed E-state index contributed by atoms with van der Waals surface area (Å²) in [5.74, 6) is 0.